The summed E-state index contributed by atoms with van der Waals surface area (Å²) < 4.78 is 24.6. The predicted molar refractivity (Wildman–Crippen MR) is 91.3 cm³/mol. The van der Waals surface area contributed by atoms with Gasteiger partial charge in [-0.25, -0.2) is 9.18 Å². The molecule has 25 heavy (non-hydrogen) atoms. The van der Waals surface area contributed by atoms with Crippen LogP contribution in [-0.2, 0) is 4.74 Å². The molecule has 1 aromatic heterocycles. The number of ether oxygens (including phenoxy) is 2. The third-order valence-electron chi connectivity index (χ3n) is 4.18. The molecule has 2 atom stereocenters. The van der Waals surface area contributed by atoms with Gasteiger partial charge in [0.25, 0.3) is 0 Å². The van der Waals surface area contributed by atoms with Gasteiger partial charge < -0.3 is 14.8 Å². The molecule has 5 nitrogen and oxygen atoms in total. The Bertz CT molecular complexity index is 766. The molecule has 2 aromatic rings. The highest BCUT2D eigenvalue weighted by atomic mass is 35.5. The van der Waals surface area contributed by atoms with Gasteiger partial charge in [0.15, 0.2) is 0 Å². The summed E-state index contributed by atoms with van der Waals surface area (Å²) in [7, 11) is 1.29. The van der Waals surface area contributed by atoms with Gasteiger partial charge in [0.1, 0.15) is 23.2 Å². The van der Waals surface area contributed by atoms with E-state index in [2.05, 4.69) is 10.3 Å². The Hall–Kier alpha value is -2.18. The molecule has 132 valence electrons. The zero-order valence-corrected chi connectivity index (χ0v) is 14.4. The molecule has 0 saturated carbocycles. The number of methoxy groups -OCH3 is 1. The first-order chi connectivity index (χ1) is 12.1. The summed E-state index contributed by atoms with van der Waals surface area (Å²) in [6.07, 6.45) is 3.17. The van der Waals surface area contributed by atoms with Gasteiger partial charge in [-0.15, -0.1) is 0 Å². The summed E-state index contributed by atoms with van der Waals surface area (Å²) in [5.74, 6) is -0.498. The van der Waals surface area contributed by atoms with Gasteiger partial charge in [0.2, 0.25) is 0 Å². The summed E-state index contributed by atoms with van der Waals surface area (Å²) in [5.41, 5.74) is 0.856. The average molecular weight is 365 g/mol. The monoisotopic (exact) mass is 364 g/mol. The summed E-state index contributed by atoms with van der Waals surface area (Å²) in [4.78, 5) is 16.0. The van der Waals surface area contributed by atoms with E-state index >= 15 is 0 Å². The summed E-state index contributed by atoms with van der Waals surface area (Å²) in [6.45, 7) is 1.60. The lowest BCUT2D eigenvalue weighted by Gasteiger charge is -2.25. The standard InChI is InChI=1S/C18H18ClFN2O3/c1-24-18(23)15-7-13(19)2-3-16(15)25-17(11-4-5-21-8-11)12-6-14(20)10-22-9-12/h2-3,6-7,9-11,17,21H,4-5,8H2,1H3/t11?,17-/m0/s1. The van der Waals surface area contributed by atoms with E-state index in [0.29, 0.717) is 16.3 Å². The number of hydrogen-bond donors (Lipinski definition) is 1. The Morgan fingerprint density at radius 3 is 2.92 bits per heavy atom. The lowest BCUT2D eigenvalue weighted by Crippen LogP contribution is -2.22. The number of pyridine rings is 1. The van der Waals surface area contributed by atoms with Crippen LogP contribution in [0.1, 0.15) is 28.4 Å². The lowest BCUT2D eigenvalue weighted by molar-refractivity contribution is 0.0588. The number of carbonyl (C=O) groups is 1. The van der Waals surface area contributed by atoms with Crippen LogP contribution in [0.3, 0.4) is 0 Å². The number of halogens is 2. The molecule has 0 aliphatic carbocycles. The Morgan fingerprint density at radius 2 is 2.24 bits per heavy atom. The normalized spacial score (nSPS) is 18.0. The molecule has 3 rings (SSSR count). The second-order valence-corrected chi connectivity index (χ2v) is 6.30. The summed E-state index contributed by atoms with van der Waals surface area (Å²) in [6, 6.07) is 6.16. The van der Waals surface area contributed by atoms with E-state index < -0.39 is 17.9 Å². The zero-order chi connectivity index (χ0) is 17.8. The third kappa shape index (κ3) is 4.08. The quantitative estimate of drug-likeness (QED) is 0.824. The Labute approximate surface area is 150 Å². The molecule has 1 fully saturated rings. The first kappa shape index (κ1) is 17.6. The van der Waals surface area contributed by atoms with Crippen molar-refractivity contribution in [3.8, 4) is 5.75 Å². The van der Waals surface area contributed by atoms with Crippen LogP contribution in [0.25, 0.3) is 0 Å². The molecule has 1 aliphatic heterocycles. The summed E-state index contributed by atoms with van der Waals surface area (Å²) in [5, 5.41) is 3.68. The number of nitrogens with one attached hydrogen (secondary N) is 1. The van der Waals surface area contributed by atoms with E-state index in [4.69, 9.17) is 21.1 Å². The van der Waals surface area contributed by atoms with Crippen molar-refractivity contribution in [1.29, 1.82) is 0 Å². The molecular weight excluding hydrogens is 347 g/mol. The minimum atomic E-state index is -0.543. The third-order valence-corrected chi connectivity index (χ3v) is 4.42. The highest BCUT2D eigenvalue weighted by Crippen LogP contribution is 2.34. The maximum atomic E-state index is 13.6. The molecular formula is C18H18ClFN2O3. The fraction of sp³-hybridized carbons (Fsp3) is 0.333. The van der Waals surface area contributed by atoms with Crippen molar-refractivity contribution in [1.82, 2.24) is 10.3 Å². The topological polar surface area (TPSA) is 60.5 Å². The van der Waals surface area contributed by atoms with E-state index in [-0.39, 0.29) is 11.5 Å². The number of hydrogen-bond acceptors (Lipinski definition) is 5. The molecule has 0 radical (unpaired) electrons. The van der Waals surface area contributed by atoms with Crippen LogP contribution in [0.4, 0.5) is 4.39 Å². The highest BCUT2D eigenvalue weighted by molar-refractivity contribution is 6.31. The van der Waals surface area contributed by atoms with Crippen molar-refractivity contribution in [2.24, 2.45) is 5.92 Å². The SMILES string of the molecule is COC(=O)c1cc(Cl)ccc1O[C@H](c1cncc(F)c1)C1CCNC1. The first-order valence-electron chi connectivity index (χ1n) is 7.94. The highest BCUT2D eigenvalue weighted by Gasteiger charge is 2.30. The number of rotatable bonds is 5. The van der Waals surface area contributed by atoms with Gasteiger partial charge in [-0.05, 0) is 37.2 Å². The maximum absolute atomic E-state index is 13.6. The molecule has 1 unspecified atom stereocenters. The molecule has 0 bridgehead atoms. The van der Waals surface area contributed by atoms with Crippen molar-refractivity contribution in [3.63, 3.8) is 0 Å². The molecule has 0 amide bonds. The molecule has 1 saturated heterocycles. The second kappa shape index (κ2) is 7.80. The van der Waals surface area contributed by atoms with Crippen LogP contribution < -0.4 is 10.1 Å². The van der Waals surface area contributed by atoms with Crippen LogP contribution in [0.15, 0.2) is 36.7 Å². The first-order valence-corrected chi connectivity index (χ1v) is 8.32. The van der Waals surface area contributed by atoms with Crippen LogP contribution in [0.5, 0.6) is 5.75 Å². The average Bonchev–Trinajstić information content (AvgIpc) is 3.14. The number of aromatic nitrogens is 1. The lowest BCUT2D eigenvalue weighted by atomic mass is 9.95. The van der Waals surface area contributed by atoms with Gasteiger partial charge in [-0.1, -0.05) is 11.6 Å². The van der Waals surface area contributed by atoms with Gasteiger partial charge in [0, 0.05) is 29.2 Å². The Kier molecular flexibility index (Phi) is 5.50. The smallest absolute Gasteiger partial charge is 0.341 e. The fourth-order valence-corrected chi connectivity index (χ4v) is 3.14. The van der Waals surface area contributed by atoms with Gasteiger partial charge >= 0.3 is 5.97 Å². The van der Waals surface area contributed by atoms with Crippen molar-refractivity contribution < 1.29 is 18.7 Å². The van der Waals surface area contributed by atoms with Gasteiger partial charge in [0.05, 0.1) is 13.3 Å². The largest absolute Gasteiger partial charge is 0.484 e. The van der Waals surface area contributed by atoms with E-state index in [1.807, 2.05) is 0 Å². The minimum Gasteiger partial charge on any atom is -0.484 e. The molecule has 1 aromatic carbocycles. The molecule has 0 spiro atoms. The van der Waals surface area contributed by atoms with E-state index in [1.54, 1.807) is 18.3 Å². The molecule has 1 aliphatic rings. The predicted octanol–water partition coefficient (Wildman–Crippen LogP) is 3.39. The van der Waals surface area contributed by atoms with Crippen LogP contribution in [0, 0.1) is 11.7 Å². The number of benzene rings is 1. The number of carbonyl (C=O) groups excluding carboxylic acids is 1. The van der Waals surface area contributed by atoms with E-state index in [0.717, 1.165) is 25.7 Å². The van der Waals surface area contributed by atoms with Crippen molar-refractivity contribution in [2.45, 2.75) is 12.5 Å². The van der Waals surface area contributed by atoms with Gasteiger partial charge in [-0.2, -0.15) is 0 Å². The number of esters is 1. The Balaban J connectivity index is 1.97. The van der Waals surface area contributed by atoms with Crippen LogP contribution in [0.2, 0.25) is 5.02 Å². The van der Waals surface area contributed by atoms with Crippen LogP contribution >= 0.6 is 11.6 Å². The number of nitrogens with zero attached hydrogens (tertiary/aromatic N) is 1. The summed E-state index contributed by atoms with van der Waals surface area (Å²) >= 11 is 5.99. The molecule has 2 heterocycles. The van der Waals surface area contributed by atoms with Crippen molar-refractivity contribution in [3.05, 3.63) is 58.6 Å². The van der Waals surface area contributed by atoms with Crippen LogP contribution in [-0.4, -0.2) is 31.2 Å². The zero-order valence-electron chi connectivity index (χ0n) is 13.7. The minimum absolute atomic E-state index is 0.129. The second-order valence-electron chi connectivity index (χ2n) is 5.86. The van der Waals surface area contributed by atoms with Crippen molar-refractivity contribution in [2.75, 3.05) is 20.2 Å². The van der Waals surface area contributed by atoms with E-state index in [1.165, 1.54) is 19.2 Å². The Morgan fingerprint density at radius 1 is 1.40 bits per heavy atom. The van der Waals surface area contributed by atoms with Crippen molar-refractivity contribution >= 4 is 17.6 Å². The van der Waals surface area contributed by atoms with Gasteiger partial charge in [-0.3, -0.25) is 4.98 Å². The molecule has 7 heteroatoms. The maximum Gasteiger partial charge on any atom is 0.341 e. The fourth-order valence-electron chi connectivity index (χ4n) is 2.97. The molecule has 1 N–H and O–H groups in total. The van der Waals surface area contributed by atoms with E-state index in [9.17, 15) is 9.18 Å².